The number of hydrogen-bond acceptors (Lipinski definition) is 4. The molecule has 0 aliphatic heterocycles. The predicted molar refractivity (Wildman–Crippen MR) is 68.9 cm³/mol. The number of esters is 1. The van der Waals surface area contributed by atoms with Crippen molar-refractivity contribution in [2.24, 2.45) is 0 Å². The number of nitrogen functional groups attached to an aromatic ring is 1. The largest absolute Gasteiger partial charge is 0.456 e. The topological polar surface area (TPSA) is 65.2 Å². The Morgan fingerprint density at radius 3 is 2.89 bits per heavy atom. The number of benzene rings is 1. The molecule has 0 aliphatic carbocycles. The highest BCUT2D eigenvalue weighted by molar-refractivity contribution is 5.94. The molecular weight excluding hydrogens is 247 g/mol. The van der Waals surface area contributed by atoms with E-state index in [1.165, 1.54) is 12.1 Å². The molecule has 5 heteroatoms. The molecule has 98 valence electrons. The summed E-state index contributed by atoms with van der Waals surface area (Å²) >= 11 is 0. The van der Waals surface area contributed by atoms with Crippen LogP contribution in [0.25, 0.3) is 0 Å². The van der Waals surface area contributed by atoms with Crippen LogP contribution in [0.4, 0.5) is 10.1 Å². The van der Waals surface area contributed by atoms with Gasteiger partial charge in [0.2, 0.25) is 0 Å². The fraction of sp³-hybridized carbons (Fsp3) is 0.143. The second-order valence-corrected chi connectivity index (χ2v) is 4.08. The number of pyridine rings is 1. The summed E-state index contributed by atoms with van der Waals surface area (Å²) in [5, 5.41) is 0. The summed E-state index contributed by atoms with van der Waals surface area (Å²) in [7, 11) is 0. The minimum Gasteiger partial charge on any atom is -0.456 e. The number of rotatable bonds is 3. The highest BCUT2D eigenvalue weighted by atomic mass is 19.1. The van der Waals surface area contributed by atoms with E-state index in [0.29, 0.717) is 5.69 Å². The molecule has 2 N–H and O–H groups in total. The number of ether oxygens (including phenoxy) is 1. The van der Waals surface area contributed by atoms with Crippen molar-refractivity contribution in [2.45, 2.75) is 13.5 Å². The number of anilines is 1. The maximum absolute atomic E-state index is 13.0. The van der Waals surface area contributed by atoms with Crippen LogP contribution < -0.4 is 5.73 Å². The van der Waals surface area contributed by atoms with Gasteiger partial charge in [0, 0.05) is 11.4 Å². The van der Waals surface area contributed by atoms with Crippen LogP contribution in [0.5, 0.6) is 0 Å². The maximum atomic E-state index is 13.0. The zero-order valence-electron chi connectivity index (χ0n) is 10.4. The van der Waals surface area contributed by atoms with E-state index in [1.807, 2.05) is 19.1 Å². The van der Waals surface area contributed by atoms with Gasteiger partial charge in [-0.1, -0.05) is 6.07 Å². The van der Waals surface area contributed by atoms with E-state index in [1.54, 1.807) is 6.07 Å². The highest BCUT2D eigenvalue weighted by Crippen LogP contribution is 2.15. The van der Waals surface area contributed by atoms with Crippen molar-refractivity contribution >= 4 is 11.7 Å². The van der Waals surface area contributed by atoms with Gasteiger partial charge in [0.15, 0.2) is 0 Å². The molecular formula is C14H13FN2O2. The van der Waals surface area contributed by atoms with E-state index < -0.39 is 11.8 Å². The van der Waals surface area contributed by atoms with Crippen LogP contribution in [0.1, 0.15) is 21.7 Å². The Labute approximate surface area is 110 Å². The lowest BCUT2D eigenvalue weighted by molar-refractivity contribution is 0.0468. The van der Waals surface area contributed by atoms with Gasteiger partial charge in [-0.15, -0.1) is 0 Å². The number of nitrogens with two attached hydrogens (primary N) is 1. The lowest BCUT2D eigenvalue weighted by Gasteiger charge is -2.07. The molecule has 1 heterocycles. The molecule has 19 heavy (non-hydrogen) atoms. The van der Waals surface area contributed by atoms with Gasteiger partial charge in [-0.25, -0.2) is 9.18 Å². The zero-order valence-corrected chi connectivity index (χ0v) is 10.4. The molecule has 0 spiro atoms. The SMILES string of the molecule is Cc1cccc(COC(=O)c2cc(F)ccc2N)n1. The number of hydrogen-bond donors (Lipinski definition) is 1. The van der Waals surface area contributed by atoms with Gasteiger partial charge in [0.05, 0.1) is 11.3 Å². The third-order valence-electron chi connectivity index (χ3n) is 2.53. The number of aryl methyl sites for hydroxylation is 1. The fourth-order valence-electron chi connectivity index (χ4n) is 1.60. The van der Waals surface area contributed by atoms with E-state index >= 15 is 0 Å². The number of halogens is 1. The Hall–Kier alpha value is -2.43. The Balaban J connectivity index is 2.07. The van der Waals surface area contributed by atoms with Crippen LogP contribution in [0.3, 0.4) is 0 Å². The van der Waals surface area contributed by atoms with Gasteiger partial charge in [-0.05, 0) is 37.3 Å². The molecule has 0 radical (unpaired) electrons. The van der Waals surface area contributed by atoms with Gasteiger partial charge in [0.25, 0.3) is 0 Å². The summed E-state index contributed by atoms with van der Waals surface area (Å²) in [6.45, 7) is 1.87. The van der Waals surface area contributed by atoms with Gasteiger partial charge in [0.1, 0.15) is 12.4 Å². The zero-order chi connectivity index (χ0) is 13.8. The lowest BCUT2D eigenvalue weighted by atomic mass is 10.2. The van der Waals surface area contributed by atoms with Crippen LogP contribution in [0.15, 0.2) is 36.4 Å². The monoisotopic (exact) mass is 260 g/mol. The summed E-state index contributed by atoms with van der Waals surface area (Å²) in [5.74, 6) is -1.20. The highest BCUT2D eigenvalue weighted by Gasteiger charge is 2.12. The van der Waals surface area contributed by atoms with Gasteiger partial charge >= 0.3 is 5.97 Å². The average Bonchev–Trinajstić information content (AvgIpc) is 2.39. The summed E-state index contributed by atoms with van der Waals surface area (Å²) in [4.78, 5) is 16.0. The molecule has 1 aromatic heterocycles. The minimum absolute atomic E-state index is 0.0210. The first-order valence-electron chi connectivity index (χ1n) is 5.71. The molecule has 0 amide bonds. The summed E-state index contributed by atoms with van der Waals surface area (Å²) in [6, 6.07) is 8.99. The summed E-state index contributed by atoms with van der Waals surface area (Å²) in [6.07, 6.45) is 0. The van der Waals surface area contributed by atoms with Crippen molar-refractivity contribution in [1.29, 1.82) is 0 Å². The second-order valence-electron chi connectivity index (χ2n) is 4.08. The first-order chi connectivity index (χ1) is 9.06. The van der Waals surface area contributed by atoms with Gasteiger partial charge in [-0.2, -0.15) is 0 Å². The van der Waals surface area contributed by atoms with E-state index in [9.17, 15) is 9.18 Å². The molecule has 4 nitrogen and oxygen atoms in total. The number of carbonyl (C=O) groups is 1. The van der Waals surface area contributed by atoms with Crippen LogP contribution in [0.2, 0.25) is 0 Å². The molecule has 0 saturated carbocycles. The van der Waals surface area contributed by atoms with Crippen molar-refractivity contribution in [3.63, 3.8) is 0 Å². The molecule has 0 unspecified atom stereocenters. The first kappa shape index (κ1) is 13.0. The molecule has 0 atom stereocenters. The fourth-order valence-corrected chi connectivity index (χ4v) is 1.60. The van der Waals surface area contributed by atoms with Crippen LogP contribution in [-0.2, 0) is 11.3 Å². The van der Waals surface area contributed by atoms with Crippen molar-refractivity contribution in [1.82, 2.24) is 4.98 Å². The molecule has 0 fully saturated rings. The Morgan fingerprint density at radius 2 is 2.16 bits per heavy atom. The Bertz CT molecular complexity index is 614. The van der Waals surface area contributed by atoms with Crippen molar-refractivity contribution < 1.29 is 13.9 Å². The third kappa shape index (κ3) is 3.28. The lowest BCUT2D eigenvalue weighted by Crippen LogP contribution is -2.09. The van der Waals surface area contributed by atoms with Crippen LogP contribution in [-0.4, -0.2) is 11.0 Å². The maximum Gasteiger partial charge on any atom is 0.340 e. The first-order valence-corrected chi connectivity index (χ1v) is 5.71. The molecule has 2 aromatic rings. The van der Waals surface area contributed by atoms with Crippen LogP contribution >= 0.6 is 0 Å². The average molecular weight is 260 g/mol. The van der Waals surface area contributed by atoms with Crippen LogP contribution in [0, 0.1) is 12.7 Å². The predicted octanol–water partition coefficient (Wildman–Crippen LogP) is 2.47. The van der Waals surface area contributed by atoms with Crippen molar-refractivity contribution in [3.8, 4) is 0 Å². The molecule has 0 aliphatic rings. The molecule has 1 aromatic carbocycles. The smallest absolute Gasteiger partial charge is 0.340 e. The van der Waals surface area contributed by atoms with Crippen molar-refractivity contribution in [3.05, 3.63) is 59.2 Å². The number of carbonyl (C=O) groups excluding carboxylic acids is 1. The quantitative estimate of drug-likeness (QED) is 0.680. The Kier molecular flexibility index (Phi) is 3.75. The van der Waals surface area contributed by atoms with E-state index in [-0.39, 0.29) is 17.9 Å². The Morgan fingerprint density at radius 1 is 1.37 bits per heavy atom. The van der Waals surface area contributed by atoms with Gasteiger partial charge in [-0.3, -0.25) is 4.98 Å². The van der Waals surface area contributed by atoms with E-state index in [2.05, 4.69) is 4.98 Å². The summed E-state index contributed by atoms with van der Waals surface area (Å²) < 4.78 is 18.1. The molecule has 2 rings (SSSR count). The number of nitrogens with zero attached hydrogens (tertiary/aromatic N) is 1. The molecule has 0 bridgehead atoms. The second kappa shape index (κ2) is 5.48. The molecule has 0 saturated heterocycles. The van der Waals surface area contributed by atoms with E-state index in [0.717, 1.165) is 11.8 Å². The minimum atomic E-state index is -0.666. The normalized spacial score (nSPS) is 10.2. The van der Waals surface area contributed by atoms with Crippen molar-refractivity contribution in [2.75, 3.05) is 5.73 Å². The summed E-state index contributed by atoms with van der Waals surface area (Å²) in [5.41, 5.74) is 7.27. The van der Waals surface area contributed by atoms with E-state index in [4.69, 9.17) is 10.5 Å². The third-order valence-corrected chi connectivity index (χ3v) is 2.53. The number of aromatic nitrogens is 1. The standard InChI is InChI=1S/C14H13FN2O2/c1-9-3-2-4-11(17-9)8-19-14(18)12-7-10(15)5-6-13(12)16/h2-7H,8,16H2,1H3. The van der Waals surface area contributed by atoms with Gasteiger partial charge < -0.3 is 10.5 Å².